The lowest BCUT2D eigenvalue weighted by Gasteiger charge is -2.25. The monoisotopic (exact) mass is 305 g/mol. The molecular weight excluding hydrogens is 278 g/mol. The van der Waals surface area contributed by atoms with Gasteiger partial charge in [-0.1, -0.05) is 12.8 Å². The lowest BCUT2D eigenvalue weighted by molar-refractivity contribution is -0.126. The van der Waals surface area contributed by atoms with Gasteiger partial charge in [-0.3, -0.25) is 9.59 Å². The van der Waals surface area contributed by atoms with Crippen molar-refractivity contribution in [3.05, 3.63) is 0 Å². The van der Waals surface area contributed by atoms with Gasteiger partial charge in [0.15, 0.2) is 0 Å². The Morgan fingerprint density at radius 2 is 1.85 bits per heavy atom. The molecule has 0 spiro atoms. The van der Waals surface area contributed by atoms with E-state index >= 15 is 0 Å². The average Bonchev–Trinajstić information content (AvgIpc) is 2.81. The summed E-state index contributed by atoms with van der Waals surface area (Å²) in [5, 5.41) is 5.79. The number of rotatable bonds is 6. The summed E-state index contributed by atoms with van der Waals surface area (Å²) < 4.78 is 0. The predicted molar refractivity (Wildman–Crippen MR) is 82.7 cm³/mol. The van der Waals surface area contributed by atoms with E-state index in [0.717, 1.165) is 25.7 Å². The molecule has 1 rings (SSSR count). The van der Waals surface area contributed by atoms with Crippen LogP contribution in [0.15, 0.2) is 0 Å². The Bertz CT molecular complexity index is 328. The molecule has 2 amide bonds. The highest BCUT2D eigenvalue weighted by Crippen LogP contribution is 2.24. The molecule has 1 aliphatic carbocycles. The molecule has 1 fully saturated rings. The molecule has 1 saturated carbocycles. The van der Waals surface area contributed by atoms with Gasteiger partial charge in [0, 0.05) is 30.5 Å². The summed E-state index contributed by atoms with van der Waals surface area (Å²) in [5.74, 6) is 0.163. The van der Waals surface area contributed by atoms with Gasteiger partial charge >= 0.3 is 0 Å². The molecule has 0 radical (unpaired) electrons. The lowest BCUT2D eigenvalue weighted by atomic mass is 10.0. The number of carbonyl (C=O) groups excluding carboxylic acids is 2. The van der Waals surface area contributed by atoms with Gasteiger partial charge in [0.05, 0.1) is 0 Å². The van der Waals surface area contributed by atoms with Crippen LogP contribution in [-0.4, -0.2) is 29.9 Å². The number of nitrogens with two attached hydrogens (primary N) is 1. The summed E-state index contributed by atoms with van der Waals surface area (Å²) in [6.07, 6.45) is 4.52. The van der Waals surface area contributed by atoms with E-state index in [9.17, 15) is 9.59 Å². The first-order chi connectivity index (χ1) is 8.84. The zero-order valence-electron chi connectivity index (χ0n) is 12.7. The molecule has 0 heterocycles. The molecule has 0 aliphatic heterocycles. The molecule has 1 unspecified atom stereocenters. The smallest absolute Gasteiger partial charge is 0.223 e. The molecule has 6 heteroatoms. The third-order valence-electron chi connectivity index (χ3n) is 3.59. The van der Waals surface area contributed by atoms with E-state index < -0.39 is 5.54 Å². The first-order valence-electron chi connectivity index (χ1n) is 7.15. The number of amides is 2. The van der Waals surface area contributed by atoms with Crippen LogP contribution in [0.2, 0.25) is 0 Å². The Balaban J connectivity index is 0.00000361. The highest BCUT2D eigenvalue weighted by molar-refractivity contribution is 5.85. The van der Waals surface area contributed by atoms with Crippen LogP contribution in [0.3, 0.4) is 0 Å². The van der Waals surface area contributed by atoms with Crippen LogP contribution in [0.5, 0.6) is 0 Å². The highest BCUT2D eigenvalue weighted by atomic mass is 35.5. The average molecular weight is 306 g/mol. The molecule has 4 N–H and O–H groups in total. The summed E-state index contributed by atoms with van der Waals surface area (Å²) in [4.78, 5) is 23.7. The van der Waals surface area contributed by atoms with Crippen molar-refractivity contribution in [2.24, 2.45) is 11.7 Å². The highest BCUT2D eigenvalue weighted by Gasteiger charge is 2.25. The quantitative estimate of drug-likeness (QED) is 0.692. The largest absolute Gasteiger partial charge is 0.353 e. The molecule has 1 atom stereocenters. The van der Waals surface area contributed by atoms with E-state index in [1.807, 2.05) is 20.8 Å². The molecule has 5 nitrogen and oxygen atoms in total. The Hall–Kier alpha value is -0.810. The van der Waals surface area contributed by atoms with Crippen molar-refractivity contribution in [3.8, 4) is 0 Å². The molecule has 20 heavy (non-hydrogen) atoms. The maximum absolute atomic E-state index is 11.9. The number of hydrogen-bond donors (Lipinski definition) is 3. The van der Waals surface area contributed by atoms with Crippen LogP contribution in [-0.2, 0) is 9.59 Å². The number of nitrogens with one attached hydrogen (secondary N) is 2. The summed E-state index contributed by atoms with van der Waals surface area (Å²) in [6, 6.07) is -0.137. The Morgan fingerprint density at radius 3 is 2.35 bits per heavy atom. The second kappa shape index (κ2) is 8.47. The third-order valence-corrected chi connectivity index (χ3v) is 3.59. The number of carbonyl (C=O) groups is 2. The maximum atomic E-state index is 11.9. The van der Waals surface area contributed by atoms with Crippen molar-refractivity contribution < 1.29 is 9.59 Å². The zero-order valence-corrected chi connectivity index (χ0v) is 13.5. The van der Waals surface area contributed by atoms with Crippen LogP contribution in [0.1, 0.15) is 52.9 Å². The molecule has 1 aliphatic rings. The van der Waals surface area contributed by atoms with Gasteiger partial charge in [0.25, 0.3) is 0 Å². The van der Waals surface area contributed by atoms with Crippen LogP contribution in [0, 0.1) is 5.92 Å². The fraction of sp³-hybridized carbons (Fsp3) is 0.857. The van der Waals surface area contributed by atoms with Crippen molar-refractivity contribution in [1.29, 1.82) is 0 Å². The van der Waals surface area contributed by atoms with Crippen LogP contribution in [0.25, 0.3) is 0 Å². The second-order valence-corrected chi connectivity index (χ2v) is 6.23. The van der Waals surface area contributed by atoms with Gasteiger partial charge in [-0.15, -0.1) is 12.4 Å². The van der Waals surface area contributed by atoms with Crippen molar-refractivity contribution in [2.45, 2.75) is 64.5 Å². The molecular formula is C14H28ClN3O2. The molecule has 0 aromatic heterocycles. The fourth-order valence-corrected chi connectivity index (χ4v) is 2.36. The zero-order chi connectivity index (χ0) is 14.5. The first-order valence-corrected chi connectivity index (χ1v) is 7.15. The summed E-state index contributed by atoms with van der Waals surface area (Å²) in [5.41, 5.74) is 5.17. The van der Waals surface area contributed by atoms with Gasteiger partial charge in [0.1, 0.15) is 0 Å². The van der Waals surface area contributed by atoms with Gasteiger partial charge < -0.3 is 16.4 Å². The van der Waals surface area contributed by atoms with Crippen molar-refractivity contribution >= 4 is 24.2 Å². The number of halogens is 1. The van der Waals surface area contributed by atoms with E-state index in [0.29, 0.717) is 13.0 Å². The van der Waals surface area contributed by atoms with E-state index in [1.54, 1.807) is 0 Å². The minimum absolute atomic E-state index is 0. The van der Waals surface area contributed by atoms with E-state index in [4.69, 9.17) is 5.73 Å². The molecule has 0 saturated heterocycles. The standard InChI is InChI=1S/C14H27N3O2.ClH/c1-10(8-12(18)17-14(2,3)9-15)16-13(19)11-6-4-5-7-11;/h10-11H,4-9,15H2,1-3H3,(H,16,19)(H,17,18);1H. The van der Waals surface area contributed by atoms with Crippen LogP contribution < -0.4 is 16.4 Å². The summed E-state index contributed by atoms with van der Waals surface area (Å²) in [7, 11) is 0. The Morgan fingerprint density at radius 1 is 1.30 bits per heavy atom. The van der Waals surface area contributed by atoms with Gasteiger partial charge in [0.2, 0.25) is 11.8 Å². The lowest BCUT2D eigenvalue weighted by Crippen LogP contribution is -2.50. The predicted octanol–water partition coefficient (Wildman–Crippen LogP) is 1.35. The second-order valence-electron chi connectivity index (χ2n) is 6.23. The Labute approximate surface area is 127 Å². The Kier molecular flexibility index (Phi) is 8.13. The van der Waals surface area contributed by atoms with Gasteiger partial charge in [-0.05, 0) is 33.6 Å². The minimum Gasteiger partial charge on any atom is -0.353 e. The molecule has 0 bridgehead atoms. The molecule has 118 valence electrons. The van der Waals surface area contributed by atoms with Gasteiger partial charge in [-0.2, -0.15) is 0 Å². The summed E-state index contributed by atoms with van der Waals surface area (Å²) >= 11 is 0. The number of hydrogen-bond acceptors (Lipinski definition) is 3. The molecule has 0 aromatic rings. The summed E-state index contributed by atoms with van der Waals surface area (Å²) in [6.45, 7) is 6.02. The SMILES string of the molecule is CC(CC(=O)NC(C)(C)CN)NC(=O)C1CCCC1.Cl. The third kappa shape index (κ3) is 6.57. The van der Waals surface area contributed by atoms with Crippen molar-refractivity contribution in [1.82, 2.24) is 10.6 Å². The van der Waals surface area contributed by atoms with Crippen LogP contribution in [0.4, 0.5) is 0 Å². The molecule has 0 aromatic carbocycles. The van der Waals surface area contributed by atoms with E-state index in [2.05, 4.69) is 10.6 Å². The van der Waals surface area contributed by atoms with Crippen LogP contribution >= 0.6 is 12.4 Å². The van der Waals surface area contributed by atoms with Crippen molar-refractivity contribution in [3.63, 3.8) is 0 Å². The van der Waals surface area contributed by atoms with Gasteiger partial charge in [-0.25, -0.2) is 0 Å². The topological polar surface area (TPSA) is 84.2 Å². The van der Waals surface area contributed by atoms with E-state index in [1.165, 1.54) is 0 Å². The normalized spacial score (nSPS) is 17.2. The fourth-order valence-electron chi connectivity index (χ4n) is 2.36. The minimum atomic E-state index is -0.397. The first kappa shape index (κ1) is 19.2. The van der Waals surface area contributed by atoms with E-state index in [-0.39, 0.29) is 36.2 Å². The van der Waals surface area contributed by atoms with Crippen molar-refractivity contribution in [2.75, 3.05) is 6.54 Å². The maximum Gasteiger partial charge on any atom is 0.223 e.